The van der Waals surface area contributed by atoms with Crippen LogP contribution in [0, 0.1) is 0 Å². The first kappa shape index (κ1) is 38.9. The number of hydrogen-bond donors (Lipinski definition) is 4. The average Bonchev–Trinajstić information content (AvgIpc) is 3.62. The quantitative estimate of drug-likeness (QED) is 0.170. The first-order valence-electron chi connectivity index (χ1n) is 17.6. The van der Waals surface area contributed by atoms with Crippen molar-refractivity contribution < 1.29 is 48.3 Å². The summed E-state index contributed by atoms with van der Waals surface area (Å²) in [5.74, 6) is -1.61. The van der Waals surface area contributed by atoms with Crippen molar-refractivity contribution >= 4 is 29.8 Å². The Bertz CT molecular complexity index is 1850. The molecule has 3 aromatic carbocycles. The Hall–Kier alpha value is -5.30. The monoisotopic (exact) mass is 726 g/mol. The molecule has 0 aromatic heterocycles. The van der Waals surface area contributed by atoms with Crippen LogP contribution in [0.5, 0.6) is 5.75 Å². The second-order valence-electron chi connectivity index (χ2n) is 13.9. The van der Waals surface area contributed by atoms with Gasteiger partial charge in [-0.1, -0.05) is 60.7 Å². The molecule has 1 aliphatic heterocycles. The fraction of sp³-hybridized carbons (Fsp3) is 0.366. The molecule has 1 aliphatic carbocycles. The van der Waals surface area contributed by atoms with E-state index in [-0.39, 0.29) is 50.9 Å². The molecule has 1 saturated heterocycles. The van der Waals surface area contributed by atoms with E-state index in [0.717, 1.165) is 5.56 Å². The van der Waals surface area contributed by atoms with Gasteiger partial charge in [-0.3, -0.25) is 14.4 Å². The van der Waals surface area contributed by atoms with E-state index >= 15 is 0 Å². The molecule has 0 radical (unpaired) electrons. The second-order valence-corrected chi connectivity index (χ2v) is 13.9. The average molecular weight is 727 g/mol. The topological polar surface area (TPSA) is 170 Å². The summed E-state index contributed by atoms with van der Waals surface area (Å²) < 4.78 is 22.7. The third-order valence-electron chi connectivity index (χ3n) is 8.67. The molecule has 12 nitrogen and oxygen atoms in total. The molecule has 0 saturated carbocycles. The number of benzene rings is 3. The Labute approximate surface area is 308 Å². The van der Waals surface area contributed by atoms with Crippen molar-refractivity contribution in [1.82, 2.24) is 10.6 Å². The van der Waals surface area contributed by atoms with Crippen molar-refractivity contribution in [1.29, 1.82) is 0 Å². The molecule has 0 bridgehead atoms. The van der Waals surface area contributed by atoms with Gasteiger partial charge in [-0.2, -0.15) is 0 Å². The van der Waals surface area contributed by atoms with Crippen molar-refractivity contribution in [2.45, 2.75) is 83.0 Å². The van der Waals surface area contributed by atoms with E-state index in [1.165, 1.54) is 0 Å². The Balaban J connectivity index is 1.17. The zero-order chi connectivity index (χ0) is 38.0. The summed E-state index contributed by atoms with van der Waals surface area (Å²) in [6.07, 6.45) is 4.20. The van der Waals surface area contributed by atoms with Crippen LogP contribution in [0.2, 0.25) is 0 Å². The Kier molecular flexibility index (Phi) is 13.2. The van der Waals surface area contributed by atoms with Gasteiger partial charge in [0.05, 0.1) is 18.2 Å². The highest BCUT2D eigenvalue weighted by atomic mass is 16.7. The van der Waals surface area contributed by atoms with E-state index in [1.807, 2.05) is 24.3 Å². The minimum atomic E-state index is -0.791. The molecule has 4 N–H and O–H groups in total. The molecular formula is C41H46N2O10. The molecule has 5 rings (SSSR count). The molecule has 0 unspecified atom stereocenters. The molecule has 12 heteroatoms. The smallest absolute Gasteiger partial charge is 0.339 e. The molecule has 0 spiro atoms. The molecule has 2 aliphatic rings. The third-order valence-corrected chi connectivity index (χ3v) is 8.67. The maximum Gasteiger partial charge on any atom is 0.339 e. The zero-order valence-electron chi connectivity index (χ0n) is 30.1. The van der Waals surface area contributed by atoms with Crippen LogP contribution in [0.3, 0.4) is 0 Å². The molecule has 1 heterocycles. The van der Waals surface area contributed by atoms with Gasteiger partial charge in [0.25, 0.3) is 5.91 Å². The number of ether oxygens (including phenoxy) is 4. The predicted molar refractivity (Wildman–Crippen MR) is 196 cm³/mol. The lowest BCUT2D eigenvalue weighted by molar-refractivity contribution is -0.155. The number of amides is 2. The van der Waals surface area contributed by atoms with E-state index in [4.69, 9.17) is 18.9 Å². The molecule has 1 fully saturated rings. The van der Waals surface area contributed by atoms with Gasteiger partial charge in [0.2, 0.25) is 5.91 Å². The van der Waals surface area contributed by atoms with Crippen molar-refractivity contribution in [2.24, 2.45) is 0 Å². The van der Waals surface area contributed by atoms with Gasteiger partial charge < -0.3 is 39.8 Å². The standard InChI is InChI=1S/C41H46N2O10/c1-41(2,3)53-36(46)19-18-31(24-44)43-39(48)29-15-8-10-26(20-29)23-42-38(47)30-21-34-37(51-25-50-34)35(22-30)52-40(49)32-16-6-4-11-27(32)13-9-14-28-12-5-7-17-33(28)45/h4-13,15-17,20-21,31,34-35,37,44-45H,14,18-19,22-25H2,1-3H3,(H,42,47)(H,43,48)/t31-,34+,35+,37+/m0/s1. The second kappa shape index (κ2) is 18.0. The van der Waals surface area contributed by atoms with Crippen LogP contribution in [0.25, 0.3) is 6.08 Å². The van der Waals surface area contributed by atoms with E-state index in [1.54, 1.807) is 87.5 Å². The number of aliphatic hydroxyl groups excluding tert-OH is 1. The predicted octanol–water partition coefficient (Wildman–Crippen LogP) is 4.77. The van der Waals surface area contributed by atoms with Crippen LogP contribution >= 0.6 is 0 Å². The molecule has 280 valence electrons. The summed E-state index contributed by atoms with van der Waals surface area (Å²) in [6, 6.07) is 20.1. The number of hydrogen-bond acceptors (Lipinski definition) is 10. The molecule has 4 atom stereocenters. The molecule has 53 heavy (non-hydrogen) atoms. The zero-order valence-corrected chi connectivity index (χ0v) is 30.1. The van der Waals surface area contributed by atoms with E-state index in [2.05, 4.69) is 10.6 Å². The number of nitrogens with one attached hydrogen (secondary N) is 2. The van der Waals surface area contributed by atoms with Crippen LogP contribution in [-0.2, 0) is 41.5 Å². The van der Waals surface area contributed by atoms with Gasteiger partial charge in [0.15, 0.2) is 0 Å². The number of rotatable bonds is 14. The fourth-order valence-electron chi connectivity index (χ4n) is 6.03. The first-order chi connectivity index (χ1) is 25.4. The van der Waals surface area contributed by atoms with E-state index in [9.17, 15) is 29.4 Å². The summed E-state index contributed by atoms with van der Waals surface area (Å²) in [6.45, 7) is 5.05. The van der Waals surface area contributed by atoms with E-state index < -0.39 is 47.8 Å². The number of fused-ring (bicyclic) bond motifs is 1. The van der Waals surface area contributed by atoms with Gasteiger partial charge in [-0.15, -0.1) is 0 Å². The van der Waals surface area contributed by atoms with Gasteiger partial charge in [-0.05, 0) is 80.6 Å². The SMILES string of the molecule is CC(C)(C)OC(=O)CC[C@@H](CO)NC(=O)c1cccc(CNC(=O)C2=C[C@H]3OCO[C@H]3[C@H](OC(=O)c3ccccc3C=CCc3ccccc3O)C2)c1. The number of phenols is 1. The van der Waals surface area contributed by atoms with Crippen LogP contribution in [0.1, 0.15) is 77.4 Å². The number of aliphatic hydroxyl groups is 1. The van der Waals surface area contributed by atoms with Crippen molar-refractivity contribution in [3.63, 3.8) is 0 Å². The number of carbonyl (C=O) groups is 4. The maximum absolute atomic E-state index is 13.5. The van der Waals surface area contributed by atoms with Crippen molar-refractivity contribution in [3.05, 3.63) is 118 Å². The van der Waals surface area contributed by atoms with Crippen LogP contribution in [-0.4, -0.2) is 77.3 Å². The highest BCUT2D eigenvalue weighted by molar-refractivity contribution is 5.96. The lowest BCUT2D eigenvalue weighted by Crippen LogP contribution is -2.43. The molecule has 3 aromatic rings. The van der Waals surface area contributed by atoms with E-state index in [0.29, 0.717) is 34.2 Å². The fourth-order valence-corrected chi connectivity index (χ4v) is 6.03. The van der Waals surface area contributed by atoms with Gasteiger partial charge in [0.1, 0.15) is 36.5 Å². The number of esters is 2. The minimum Gasteiger partial charge on any atom is -0.508 e. The van der Waals surface area contributed by atoms with Gasteiger partial charge in [-0.25, -0.2) is 4.79 Å². The van der Waals surface area contributed by atoms with Crippen molar-refractivity contribution in [3.8, 4) is 5.75 Å². The highest BCUT2D eigenvalue weighted by Gasteiger charge is 2.42. The lowest BCUT2D eigenvalue weighted by atomic mass is 9.91. The number of para-hydroxylation sites is 1. The number of phenolic OH excluding ortho intramolecular Hbond substituents is 1. The minimum absolute atomic E-state index is 0.00651. The summed E-state index contributed by atoms with van der Waals surface area (Å²) in [5.41, 5.74) is 2.46. The third kappa shape index (κ3) is 11.1. The van der Waals surface area contributed by atoms with Crippen molar-refractivity contribution in [2.75, 3.05) is 13.4 Å². The molecular weight excluding hydrogens is 680 g/mol. The Morgan fingerprint density at radius 3 is 2.53 bits per heavy atom. The Morgan fingerprint density at radius 2 is 1.75 bits per heavy atom. The maximum atomic E-state index is 13.5. The molecule has 2 amide bonds. The summed E-state index contributed by atoms with van der Waals surface area (Å²) >= 11 is 0. The Morgan fingerprint density at radius 1 is 0.981 bits per heavy atom. The number of allylic oxidation sites excluding steroid dienone is 1. The summed E-state index contributed by atoms with van der Waals surface area (Å²) in [4.78, 5) is 52.0. The number of carbonyl (C=O) groups excluding carboxylic acids is 4. The first-order valence-corrected chi connectivity index (χ1v) is 17.6. The lowest BCUT2D eigenvalue weighted by Gasteiger charge is -2.30. The highest BCUT2D eigenvalue weighted by Crippen LogP contribution is 2.31. The van der Waals surface area contributed by atoms with Gasteiger partial charge in [0, 0.05) is 30.5 Å². The van der Waals surface area contributed by atoms with Crippen LogP contribution in [0.15, 0.2) is 90.5 Å². The van der Waals surface area contributed by atoms with Crippen LogP contribution < -0.4 is 10.6 Å². The summed E-state index contributed by atoms with van der Waals surface area (Å²) in [7, 11) is 0. The largest absolute Gasteiger partial charge is 0.508 e. The van der Waals surface area contributed by atoms with Crippen LogP contribution in [0.4, 0.5) is 0 Å². The van der Waals surface area contributed by atoms with Gasteiger partial charge >= 0.3 is 11.9 Å². The normalized spacial score (nSPS) is 18.8. The summed E-state index contributed by atoms with van der Waals surface area (Å²) in [5, 5.41) is 25.5. The number of aromatic hydroxyl groups is 1.